The van der Waals surface area contributed by atoms with Crippen LogP contribution in [0.3, 0.4) is 0 Å². The zero-order chi connectivity index (χ0) is 13.7. The van der Waals surface area contributed by atoms with E-state index in [2.05, 4.69) is 35.1 Å². The Labute approximate surface area is 121 Å². The lowest BCUT2D eigenvalue weighted by Crippen LogP contribution is -2.37. The van der Waals surface area contributed by atoms with Crippen LogP contribution in [0.1, 0.15) is 20.8 Å². The fourth-order valence-corrected chi connectivity index (χ4v) is 2.39. The second kappa shape index (κ2) is 7.04. The second-order valence-corrected chi connectivity index (χ2v) is 6.50. The van der Waals surface area contributed by atoms with Crippen molar-refractivity contribution in [2.75, 3.05) is 11.5 Å². The van der Waals surface area contributed by atoms with Gasteiger partial charge in [-0.3, -0.25) is 4.79 Å². The molecule has 0 saturated heterocycles. The van der Waals surface area contributed by atoms with Crippen LogP contribution < -0.4 is 11.1 Å². The van der Waals surface area contributed by atoms with E-state index in [-0.39, 0.29) is 11.9 Å². The SMILES string of the molecule is CC(C)C(C)NC(=O)CSc1ccc(Br)cc1N. The largest absolute Gasteiger partial charge is 0.398 e. The van der Waals surface area contributed by atoms with Gasteiger partial charge in [0.2, 0.25) is 5.91 Å². The Bertz CT molecular complexity index is 423. The number of hydrogen-bond donors (Lipinski definition) is 2. The van der Waals surface area contributed by atoms with Crippen LogP contribution in [0.2, 0.25) is 0 Å². The van der Waals surface area contributed by atoms with Crippen molar-refractivity contribution in [2.24, 2.45) is 5.92 Å². The predicted molar refractivity (Wildman–Crippen MR) is 81.7 cm³/mol. The molecule has 0 aliphatic heterocycles. The third-order valence-corrected chi connectivity index (χ3v) is 4.30. The van der Waals surface area contributed by atoms with Gasteiger partial charge in [-0.15, -0.1) is 11.8 Å². The quantitative estimate of drug-likeness (QED) is 0.643. The van der Waals surface area contributed by atoms with Crippen molar-refractivity contribution < 1.29 is 4.79 Å². The molecule has 0 aromatic heterocycles. The Balaban J connectivity index is 2.47. The van der Waals surface area contributed by atoms with E-state index in [0.717, 1.165) is 9.37 Å². The Morgan fingerprint density at radius 1 is 1.44 bits per heavy atom. The molecular formula is C13H19BrN2OS. The number of hydrogen-bond acceptors (Lipinski definition) is 3. The molecule has 0 aliphatic rings. The zero-order valence-electron chi connectivity index (χ0n) is 10.9. The molecular weight excluding hydrogens is 312 g/mol. The highest BCUT2D eigenvalue weighted by atomic mass is 79.9. The smallest absolute Gasteiger partial charge is 0.230 e. The molecule has 100 valence electrons. The van der Waals surface area contributed by atoms with E-state index in [1.807, 2.05) is 25.1 Å². The van der Waals surface area contributed by atoms with E-state index < -0.39 is 0 Å². The molecule has 1 atom stereocenters. The number of halogens is 1. The number of nitrogens with one attached hydrogen (secondary N) is 1. The van der Waals surface area contributed by atoms with Gasteiger partial charge in [-0.1, -0.05) is 29.8 Å². The Kier molecular flexibility index (Phi) is 6.02. The summed E-state index contributed by atoms with van der Waals surface area (Å²) in [6, 6.07) is 5.88. The van der Waals surface area contributed by atoms with Gasteiger partial charge in [0.25, 0.3) is 0 Å². The Hall–Kier alpha value is -0.680. The third kappa shape index (κ3) is 4.90. The molecule has 1 unspecified atom stereocenters. The Morgan fingerprint density at radius 2 is 2.11 bits per heavy atom. The lowest BCUT2D eigenvalue weighted by Gasteiger charge is -2.17. The number of carbonyl (C=O) groups is 1. The maximum absolute atomic E-state index is 11.7. The van der Waals surface area contributed by atoms with Gasteiger partial charge < -0.3 is 11.1 Å². The van der Waals surface area contributed by atoms with Gasteiger partial charge in [0.1, 0.15) is 0 Å². The first-order valence-corrected chi connectivity index (χ1v) is 7.65. The number of amides is 1. The first-order chi connectivity index (χ1) is 8.40. The van der Waals surface area contributed by atoms with Crippen LogP contribution in [0.25, 0.3) is 0 Å². The standard InChI is InChI=1S/C13H19BrN2OS/c1-8(2)9(3)16-13(17)7-18-12-5-4-10(14)6-11(12)15/h4-6,8-9H,7,15H2,1-3H3,(H,16,17). The maximum atomic E-state index is 11.7. The summed E-state index contributed by atoms with van der Waals surface area (Å²) in [5.74, 6) is 0.878. The van der Waals surface area contributed by atoms with Gasteiger partial charge in [0.05, 0.1) is 5.75 Å². The predicted octanol–water partition coefficient (Wildman–Crippen LogP) is 3.28. The van der Waals surface area contributed by atoms with Crippen LogP contribution in [-0.4, -0.2) is 17.7 Å². The van der Waals surface area contributed by atoms with E-state index in [0.29, 0.717) is 17.4 Å². The van der Waals surface area contributed by atoms with Gasteiger partial charge in [0.15, 0.2) is 0 Å². The number of thioether (sulfide) groups is 1. The highest BCUT2D eigenvalue weighted by molar-refractivity contribution is 9.10. The van der Waals surface area contributed by atoms with Gasteiger partial charge in [-0.2, -0.15) is 0 Å². The van der Waals surface area contributed by atoms with Gasteiger partial charge in [-0.05, 0) is 31.0 Å². The minimum atomic E-state index is 0.0449. The summed E-state index contributed by atoms with van der Waals surface area (Å²) in [5.41, 5.74) is 6.57. The number of nitrogens with two attached hydrogens (primary N) is 1. The van der Waals surface area contributed by atoms with Crippen LogP contribution in [0.5, 0.6) is 0 Å². The molecule has 0 aliphatic carbocycles. The van der Waals surface area contributed by atoms with Crippen molar-refractivity contribution in [1.29, 1.82) is 0 Å². The van der Waals surface area contributed by atoms with Crippen molar-refractivity contribution in [1.82, 2.24) is 5.32 Å². The fraction of sp³-hybridized carbons (Fsp3) is 0.462. The summed E-state index contributed by atoms with van der Waals surface area (Å²) in [4.78, 5) is 12.7. The van der Waals surface area contributed by atoms with Crippen LogP contribution in [-0.2, 0) is 4.79 Å². The Morgan fingerprint density at radius 3 is 2.67 bits per heavy atom. The lowest BCUT2D eigenvalue weighted by molar-refractivity contribution is -0.119. The minimum Gasteiger partial charge on any atom is -0.398 e. The minimum absolute atomic E-state index is 0.0449. The van der Waals surface area contributed by atoms with Crippen LogP contribution in [0.15, 0.2) is 27.6 Å². The van der Waals surface area contributed by atoms with Crippen molar-refractivity contribution >= 4 is 39.3 Å². The number of anilines is 1. The van der Waals surface area contributed by atoms with E-state index in [4.69, 9.17) is 5.73 Å². The number of carbonyl (C=O) groups excluding carboxylic acids is 1. The molecule has 0 bridgehead atoms. The van der Waals surface area contributed by atoms with Crippen LogP contribution in [0.4, 0.5) is 5.69 Å². The highest BCUT2D eigenvalue weighted by Crippen LogP contribution is 2.27. The van der Waals surface area contributed by atoms with Crippen LogP contribution in [0, 0.1) is 5.92 Å². The van der Waals surface area contributed by atoms with Crippen molar-refractivity contribution in [3.63, 3.8) is 0 Å². The van der Waals surface area contributed by atoms with E-state index in [9.17, 15) is 4.79 Å². The summed E-state index contributed by atoms with van der Waals surface area (Å²) in [7, 11) is 0. The zero-order valence-corrected chi connectivity index (χ0v) is 13.3. The first kappa shape index (κ1) is 15.4. The second-order valence-electron chi connectivity index (χ2n) is 4.57. The van der Waals surface area contributed by atoms with E-state index in [1.54, 1.807) is 0 Å². The van der Waals surface area contributed by atoms with Crippen LogP contribution >= 0.6 is 27.7 Å². The molecule has 3 N–H and O–H groups in total. The molecule has 3 nitrogen and oxygen atoms in total. The molecule has 1 rings (SSSR count). The molecule has 0 spiro atoms. The third-order valence-electron chi connectivity index (χ3n) is 2.72. The van der Waals surface area contributed by atoms with Gasteiger partial charge >= 0.3 is 0 Å². The molecule has 1 aromatic rings. The first-order valence-electron chi connectivity index (χ1n) is 5.87. The molecule has 0 radical (unpaired) electrons. The summed E-state index contributed by atoms with van der Waals surface area (Å²) in [6.45, 7) is 6.19. The summed E-state index contributed by atoms with van der Waals surface area (Å²) >= 11 is 4.82. The highest BCUT2D eigenvalue weighted by Gasteiger charge is 2.11. The molecule has 1 aromatic carbocycles. The van der Waals surface area contributed by atoms with Crippen molar-refractivity contribution in [3.05, 3.63) is 22.7 Å². The summed E-state index contributed by atoms with van der Waals surface area (Å²) in [5, 5.41) is 2.97. The maximum Gasteiger partial charge on any atom is 0.230 e. The summed E-state index contributed by atoms with van der Waals surface area (Å²) < 4.78 is 0.947. The summed E-state index contributed by atoms with van der Waals surface area (Å²) in [6.07, 6.45) is 0. The topological polar surface area (TPSA) is 55.1 Å². The monoisotopic (exact) mass is 330 g/mol. The average molecular weight is 331 g/mol. The normalized spacial score (nSPS) is 12.5. The van der Waals surface area contributed by atoms with E-state index in [1.165, 1.54) is 11.8 Å². The van der Waals surface area contributed by atoms with Gasteiger partial charge in [0, 0.05) is 21.1 Å². The molecule has 0 fully saturated rings. The molecule has 0 saturated carbocycles. The molecule has 18 heavy (non-hydrogen) atoms. The number of benzene rings is 1. The van der Waals surface area contributed by atoms with E-state index >= 15 is 0 Å². The molecule has 1 amide bonds. The number of nitrogen functional groups attached to an aromatic ring is 1. The van der Waals surface area contributed by atoms with Gasteiger partial charge in [-0.25, -0.2) is 0 Å². The van der Waals surface area contributed by atoms with Crippen molar-refractivity contribution in [3.8, 4) is 0 Å². The molecule has 0 heterocycles. The number of rotatable bonds is 5. The lowest BCUT2D eigenvalue weighted by atomic mass is 10.1. The fourth-order valence-electron chi connectivity index (χ4n) is 1.26. The van der Waals surface area contributed by atoms with Crippen molar-refractivity contribution in [2.45, 2.75) is 31.7 Å². The average Bonchev–Trinajstić information content (AvgIpc) is 2.27. The molecule has 5 heteroatoms.